The molecule has 1 amide bonds. The van der Waals surface area contributed by atoms with Gasteiger partial charge in [0.1, 0.15) is 5.75 Å². The van der Waals surface area contributed by atoms with Crippen molar-refractivity contribution in [2.24, 2.45) is 0 Å². The highest BCUT2D eigenvalue weighted by atomic mass is 16.5. The first kappa shape index (κ1) is 15.1. The number of hydrogen-bond acceptors (Lipinski definition) is 3. The second-order valence-electron chi connectivity index (χ2n) is 5.38. The zero-order valence-corrected chi connectivity index (χ0v) is 11.7. The van der Waals surface area contributed by atoms with E-state index in [-0.39, 0.29) is 0 Å². The molecule has 0 aliphatic carbocycles. The Morgan fingerprint density at radius 2 is 1.89 bits per heavy atom. The Labute approximate surface area is 114 Å². The van der Waals surface area contributed by atoms with Crippen LogP contribution in [-0.2, 0) is 0 Å². The molecule has 0 aliphatic rings. The summed E-state index contributed by atoms with van der Waals surface area (Å²) in [6, 6.07) is 7.14. The van der Waals surface area contributed by atoms with Crippen LogP contribution in [0.25, 0.3) is 0 Å². The highest BCUT2D eigenvalue weighted by Gasteiger charge is 2.25. The molecule has 1 aromatic carbocycles. The van der Waals surface area contributed by atoms with Crippen LogP contribution in [0.4, 0.5) is 10.5 Å². The molecule has 1 rings (SSSR count). The van der Waals surface area contributed by atoms with Gasteiger partial charge in [0.2, 0.25) is 0 Å². The molecular weight excluding hydrogens is 244 g/mol. The fourth-order valence-electron chi connectivity index (χ4n) is 1.69. The summed E-state index contributed by atoms with van der Waals surface area (Å²) in [6.45, 7) is 6.56. The molecule has 5 heteroatoms. The number of hydrogen-bond donors (Lipinski definition) is 2. The normalized spacial score (nSPS) is 11.1. The second-order valence-corrected chi connectivity index (χ2v) is 5.38. The number of carbonyl (C=O) groups is 1. The zero-order valence-electron chi connectivity index (χ0n) is 11.7. The van der Waals surface area contributed by atoms with E-state index in [1.165, 1.54) is 4.90 Å². The van der Waals surface area contributed by atoms with Gasteiger partial charge in [-0.25, -0.2) is 4.79 Å². The van der Waals surface area contributed by atoms with Crippen LogP contribution in [-0.4, -0.2) is 34.8 Å². The van der Waals surface area contributed by atoms with E-state index in [1.54, 1.807) is 24.3 Å². The molecule has 0 saturated heterocycles. The summed E-state index contributed by atoms with van der Waals surface area (Å²) in [7, 11) is 0. The maximum Gasteiger partial charge on any atom is 0.407 e. The first-order valence-electron chi connectivity index (χ1n) is 6.29. The Morgan fingerprint density at radius 1 is 1.32 bits per heavy atom. The van der Waals surface area contributed by atoms with Crippen molar-refractivity contribution < 1.29 is 14.6 Å². The van der Waals surface area contributed by atoms with Crippen molar-refractivity contribution in [3.8, 4) is 5.75 Å². The Morgan fingerprint density at radius 3 is 2.37 bits per heavy atom. The SMILES string of the molecule is CC(C)(C)N(CCCOc1ccc(N)cc1)C(=O)O. The molecular formula is C14H22N2O3. The van der Waals surface area contributed by atoms with Crippen LogP contribution < -0.4 is 10.5 Å². The number of nitrogens with two attached hydrogens (primary N) is 1. The number of benzene rings is 1. The molecule has 0 aromatic heterocycles. The quantitative estimate of drug-likeness (QED) is 0.634. The lowest BCUT2D eigenvalue weighted by molar-refractivity contribution is 0.0962. The van der Waals surface area contributed by atoms with E-state index in [1.807, 2.05) is 20.8 Å². The average molecular weight is 266 g/mol. The van der Waals surface area contributed by atoms with Crippen LogP contribution in [0.1, 0.15) is 27.2 Å². The van der Waals surface area contributed by atoms with Gasteiger partial charge in [0, 0.05) is 17.8 Å². The lowest BCUT2D eigenvalue weighted by Crippen LogP contribution is -2.45. The summed E-state index contributed by atoms with van der Waals surface area (Å²) >= 11 is 0. The molecule has 0 saturated carbocycles. The summed E-state index contributed by atoms with van der Waals surface area (Å²) in [4.78, 5) is 12.5. The molecule has 0 fully saturated rings. The largest absolute Gasteiger partial charge is 0.494 e. The van der Waals surface area contributed by atoms with E-state index in [0.717, 1.165) is 5.75 Å². The Hall–Kier alpha value is -1.91. The van der Waals surface area contributed by atoms with Crippen molar-refractivity contribution in [1.29, 1.82) is 0 Å². The van der Waals surface area contributed by atoms with Gasteiger partial charge >= 0.3 is 6.09 Å². The van der Waals surface area contributed by atoms with Gasteiger partial charge < -0.3 is 20.5 Å². The van der Waals surface area contributed by atoms with Crippen molar-refractivity contribution >= 4 is 11.8 Å². The predicted octanol–water partition coefficient (Wildman–Crippen LogP) is 2.82. The fraction of sp³-hybridized carbons (Fsp3) is 0.500. The van der Waals surface area contributed by atoms with Gasteiger partial charge in [-0.15, -0.1) is 0 Å². The monoisotopic (exact) mass is 266 g/mol. The van der Waals surface area contributed by atoms with E-state index < -0.39 is 11.6 Å². The van der Waals surface area contributed by atoms with Crippen molar-refractivity contribution in [2.45, 2.75) is 32.7 Å². The van der Waals surface area contributed by atoms with Crippen LogP contribution in [0.5, 0.6) is 5.75 Å². The van der Waals surface area contributed by atoms with Crippen molar-refractivity contribution in [3.05, 3.63) is 24.3 Å². The number of nitrogen functional groups attached to an aromatic ring is 1. The average Bonchev–Trinajstić information content (AvgIpc) is 2.29. The second kappa shape index (κ2) is 6.31. The molecule has 0 atom stereocenters. The van der Waals surface area contributed by atoms with Gasteiger partial charge in [0.25, 0.3) is 0 Å². The van der Waals surface area contributed by atoms with Crippen LogP contribution >= 0.6 is 0 Å². The Bertz CT molecular complexity index is 410. The predicted molar refractivity (Wildman–Crippen MR) is 75.5 cm³/mol. The number of anilines is 1. The minimum Gasteiger partial charge on any atom is -0.494 e. The smallest absolute Gasteiger partial charge is 0.407 e. The maximum absolute atomic E-state index is 11.1. The number of amides is 1. The van der Waals surface area contributed by atoms with E-state index in [4.69, 9.17) is 15.6 Å². The molecule has 5 nitrogen and oxygen atoms in total. The molecule has 0 unspecified atom stereocenters. The van der Waals surface area contributed by atoms with Gasteiger partial charge in [-0.3, -0.25) is 0 Å². The fourth-order valence-corrected chi connectivity index (χ4v) is 1.69. The number of rotatable bonds is 5. The molecule has 3 N–H and O–H groups in total. The molecule has 106 valence electrons. The molecule has 0 radical (unpaired) electrons. The van der Waals surface area contributed by atoms with Crippen LogP contribution in [0.15, 0.2) is 24.3 Å². The van der Waals surface area contributed by atoms with Crippen molar-refractivity contribution in [1.82, 2.24) is 4.90 Å². The third-order valence-corrected chi connectivity index (χ3v) is 2.72. The number of ether oxygens (including phenoxy) is 1. The van der Waals surface area contributed by atoms with Gasteiger partial charge in [-0.05, 0) is 51.5 Å². The number of nitrogens with zero attached hydrogens (tertiary/aromatic N) is 1. The van der Waals surface area contributed by atoms with Gasteiger partial charge in [-0.1, -0.05) is 0 Å². The standard InChI is InChI=1S/C14H22N2O3/c1-14(2,3)16(13(17)18)9-4-10-19-12-7-5-11(15)6-8-12/h5-8H,4,9-10,15H2,1-3H3,(H,17,18). The van der Waals surface area contributed by atoms with Crippen LogP contribution in [0.3, 0.4) is 0 Å². The third kappa shape index (κ3) is 5.07. The van der Waals surface area contributed by atoms with E-state index in [2.05, 4.69) is 0 Å². The summed E-state index contributed by atoms with van der Waals surface area (Å²) in [5.41, 5.74) is 5.87. The summed E-state index contributed by atoms with van der Waals surface area (Å²) in [6.07, 6.45) is -0.256. The van der Waals surface area contributed by atoms with Gasteiger partial charge in [0.05, 0.1) is 6.61 Å². The minimum absolute atomic E-state index is 0.396. The van der Waals surface area contributed by atoms with Gasteiger partial charge in [-0.2, -0.15) is 0 Å². The Kier molecular flexibility index (Phi) is 5.03. The molecule has 0 aliphatic heterocycles. The topological polar surface area (TPSA) is 75.8 Å². The van der Waals surface area contributed by atoms with E-state index >= 15 is 0 Å². The van der Waals surface area contributed by atoms with E-state index in [0.29, 0.717) is 25.3 Å². The van der Waals surface area contributed by atoms with Crippen LogP contribution in [0.2, 0.25) is 0 Å². The first-order chi connectivity index (χ1) is 8.80. The highest BCUT2D eigenvalue weighted by Crippen LogP contribution is 2.15. The summed E-state index contributed by atoms with van der Waals surface area (Å²) in [5.74, 6) is 0.742. The lowest BCUT2D eigenvalue weighted by Gasteiger charge is -2.33. The summed E-state index contributed by atoms with van der Waals surface area (Å²) < 4.78 is 5.53. The minimum atomic E-state index is -0.903. The number of carboxylic acid groups (broad SMARTS) is 1. The van der Waals surface area contributed by atoms with Crippen LogP contribution in [0, 0.1) is 0 Å². The first-order valence-corrected chi connectivity index (χ1v) is 6.29. The zero-order chi connectivity index (χ0) is 14.5. The summed E-state index contributed by atoms with van der Waals surface area (Å²) in [5, 5.41) is 9.13. The molecule has 0 spiro atoms. The molecule has 0 bridgehead atoms. The highest BCUT2D eigenvalue weighted by molar-refractivity contribution is 5.65. The molecule has 1 aromatic rings. The van der Waals surface area contributed by atoms with Crippen molar-refractivity contribution in [3.63, 3.8) is 0 Å². The molecule has 19 heavy (non-hydrogen) atoms. The lowest BCUT2D eigenvalue weighted by atomic mass is 10.1. The van der Waals surface area contributed by atoms with Gasteiger partial charge in [0.15, 0.2) is 0 Å². The molecule has 0 heterocycles. The third-order valence-electron chi connectivity index (χ3n) is 2.72. The van der Waals surface area contributed by atoms with Crippen molar-refractivity contribution in [2.75, 3.05) is 18.9 Å². The van der Waals surface area contributed by atoms with E-state index in [9.17, 15) is 4.79 Å². The Balaban J connectivity index is 2.37. The maximum atomic E-state index is 11.1.